The van der Waals surface area contributed by atoms with E-state index in [0.717, 1.165) is 5.56 Å². The predicted octanol–water partition coefficient (Wildman–Crippen LogP) is 2.33. The van der Waals surface area contributed by atoms with Crippen LogP contribution in [-0.2, 0) is 0 Å². The summed E-state index contributed by atoms with van der Waals surface area (Å²) in [4.78, 5) is 5.83. The molecule has 0 bridgehead atoms. The van der Waals surface area contributed by atoms with Crippen molar-refractivity contribution in [2.24, 2.45) is 5.16 Å². The van der Waals surface area contributed by atoms with Gasteiger partial charge in [-0.25, -0.2) is 0 Å². The normalized spacial score (nSPS) is 10.1. The average Bonchev–Trinajstić information content (AvgIpc) is 2.21. The van der Waals surface area contributed by atoms with Crippen molar-refractivity contribution >= 4 is 28.3 Å². The lowest BCUT2D eigenvalue weighted by molar-refractivity contribution is 0.319. The Balaban J connectivity index is 0.000000561. The van der Waals surface area contributed by atoms with E-state index in [0.29, 0.717) is 5.71 Å². The van der Waals surface area contributed by atoms with Crippen LogP contribution in [0.3, 0.4) is 0 Å². The minimum atomic E-state index is 0.577. The van der Waals surface area contributed by atoms with E-state index in [1.165, 1.54) is 0 Å². The first-order chi connectivity index (χ1) is 5.84. The van der Waals surface area contributed by atoms with Crippen molar-refractivity contribution in [1.29, 1.82) is 0 Å². The summed E-state index contributed by atoms with van der Waals surface area (Å²) < 4.78 is 0. The molecule has 0 fully saturated rings. The van der Waals surface area contributed by atoms with Crippen LogP contribution in [0.15, 0.2) is 29.7 Å². The number of rotatable bonds is 1. The van der Waals surface area contributed by atoms with Crippen molar-refractivity contribution in [1.82, 2.24) is 4.98 Å². The highest BCUT2D eigenvalue weighted by molar-refractivity contribution is 14.1. The van der Waals surface area contributed by atoms with E-state index in [-0.39, 0.29) is 0 Å². The van der Waals surface area contributed by atoms with Crippen molar-refractivity contribution in [3.63, 3.8) is 0 Å². The first-order valence-electron chi connectivity index (χ1n) is 3.31. The fraction of sp³-hybridized carbons (Fsp3) is 0.250. The standard InChI is InChI=1S/C7H8N2O.CH3I/c1-6(9-10)7-3-2-4-8-5-7;1-2/h2-5,10H,1H3;1H3/b9-6+;. The molecule has 1 rings (SSSR count). The maximum atomic E-state index is 8.35. The monoisotopic (exact) mass is 278 g/mol. The van der Waals surface area contributed by atoms with Crippen molar-refractivity contribution in [3.05, 3.63) is 30.1 Å². The van der Waals surface area contributed by atoms with E-state index in [4.69, 9.17) is 5.21 Å². The molecule has 0 atom stereocenters. The van der Waals surface area contributed by atoms with Gasteiger partial charge in [0.15, 0.2) is 0 Å². The summed E-state index contributed by atoms with van der Waals surface area (Å²) in [7, 11) is 0. The molecule has 0 spiro atoms. The van der Waals surface area contributed by atoms with E-state index < -0.39 is 0 Å². The molecule has 4 heteroatoms. The van der Waals surface area contributed by atoms with Crippen LogP contribution in [0.2, 0.25) is 0 Å². The van der Waals surface area contributed by atoms with Gasteiger partial charge in [-0.3, -0.25) is 4.98 Å². The smallest absolute Gasteiger partial charge is 0.0852 e. The van der Waals surface area contributed by atoms with Gasteiger partial charge in [0.25, 0.3) is 0 Å². The van der Waals surface area contributed by atoms with Gasteiger partial charge in [-0.15, -0.1) is 0 Å². The number of hydrogen-bond acceptors (Lipinski definition) is 3. The number of alkyl halides is 1. The molecule has 0 aliphatic rings. The second-order valence-electron chi connectivity index (χ2n) is 1.93. The van der Waals surface area contributed by atoms with Gasteiger partial charge in [-0.2, -0.15) is 0 Å². The molecule has 66 valence electrons. The summed E-state index contributed by atoms with van der Waals surface area (Å²) in [5.74, 6) is 0. The van der Waals surface area contributed by atoms with Crippen LogP contribution in [0.25, 0.3) is 0 Å². The lowest BCUT2D eigenvalue weighted by atomic mass is 10.2. The first-order valence-corrected chi connectivity index (χ1v) is 5.47. The average molecular weight is 278 g/mol. The molecule has 0 unspecified atom stereocenters. The highest BCUT2D eigenvalue weighted by Gasteiger charge is 1.93. The van der Waals surface area contributed by atoms with Gasteiger partial charge >= 0.3 is 0 Å². The van der Waals surface area contributed by atoms with Crippen LogP contribution in [0.1, 0.15) is 12.5 Å². The van der Waals surface area contributed by atoms with E-state index in [1.807, 2.05) is 11.0 Å². The molecule has 1 heterocycles. The summed E-state index contributed by atoms with van der Waals surface area (Å²) in [6.45, 7) is 1.72. The zero-order valence-corrected chi connectivity index (χ0v) is 9.19. The molecule has 0 saturated heterocycles. The summed E-state index contributed by atoms with van der Waals surface area (Å²) >= 11 is 2.15. The third kappa shape index (κ3) is 3.66. The summed E-state index contributed by atoms with van der Waals surface area (Å²) in [6.07, 6.45) is 3.32. The molecule has 0 saturated carbocycles. The number of hydrogen-bond donors (Lipinski definition) is 1. The largest absolute Gasteiger partial charge is 0.411 e. The highest BCUT2D eigenvalue weighted by Crippen LogP contribution is 1.96. The minimum absolute atomic E-state index is 0.577. The number of aromatic nitrogens is 1. The summed E-state index contributed by atoms with van der Waals surface area (Å²) in [5, 5.41) is 11.4. The van der Waals surface area contributed by atoms with Gasteiger partial charge in [0.05, 0.1) is 5.71 Å². The van der Waals surface area contributed by atoms with Gasteiger partial charge < -0.3 is 5.21 Å². The molecular formula is C8H11IN2O. The van der Waals surface area contributed by atoms with E-state index in [2.05, 4.69) is 32.7 Å². The first kappa shape index (κ1) is 11.4. The van der Waals surface area contributed by atoms with E-state index in [1.54, 1.807) is 25.4 Å². The zero-order valence-electron chi connectivity index (χ0n) is 7.03. The maximum absolute atomic E-state index is 8.35. The fourth-order valence-corrected chi connectivity index (χ4v) is 0.635. The van der Waals surface area contributed by atoms with E-state index in [9.17, 15) is 0 Å². The second-order valence-corrected chi connectivity index (χ2v) is 1.93. The second kappa shape index (κ2) is 7.02. The Morgan fingerprint density at radius 2 is 2.25 bits per heavy atom. The molecule has 0 amide bonds. The molecule has 0 aromatic carbocycles. The Hall–Kier alpha value is -0.650. The van der Waals surface area contributed by atoms with Crippen LogP contribution in [-0.4, -0.2) is 20.8 Å². The lowest BCUT2D eigenvalue weighted by Crippen LogP contribution is -1.93. The zero-order chi connectivity index (χ0) is 9.40. The molecule has 12 heavy (non-hydrogen) atoms. The third-order valence-corrected chi connectivity index (χ3v) is 1.23. The molecular weight excluding hydrogens is 267 g/mol. The van der Waals surface area contributed by atoms with Crippen molar-refractivity contribution in [3.8, 4) is 0 Å². The number of nitrogens with zero attached hydrogens (tertiary/aromatic N) is 2. The van der Waals surface area contributed by atoms with Crippen LogP contribution in [0.4, 0.5) is 0 Å². The molecule has 0 aliphatic heterocycles. The number of oxime groups is 1. The maximum Gasteiger partial charge on any atom is 0.0852 e. The quantitative estimate of drug-likeness (QED) is 0.282. The van der Waals surface area contributed by atoms with Crippen molar-refractivity contribution in [2.45, 2.75) is 6.92 Å². The Bertz CT molecular complexity index is 236. The van der Waals surface area contributed by atoms with Gasteiger partial charge in [-0.1, -0.05) is 27.7 Å². The van der Waals surface area contributed by atoms with Crippen molar-refractivity contribution < 1.29 is 5.21 Å². The lowest BCUT2D eigenvalue weighted by Gasteiger charge is -1.93. The van der Waals surface area contributed by atoms with Crippen LogP contribution >= 0.6 is 22.6 Å². The molecule has 3 nitrogen and oxygen atoms in total. The van der Waals surface area contributed by atoms with E-state index >= 15 is 0 Å². The Morgan fingerprint density at radius 1 is 1.58 bits per heavy atom. The van der Waals surface area contributed by atoms with Crippen molar-refractivity contribution in [2.75, 3.05) is 4.93 Å². The van der Waals surface area contributed by atoms with Crippen LogP contribution < -0.4 is 0 Å². The molecule has 1 aromatic rings. The minimum Gasteiger partial charge on any atom is -0.411 e. The topological polar surface area (TPSA) is 45.5 Å². The van der Waals surface area contributed by atoms with Gasteiger partial charge in [-0.05, 0) is 24.0 Å². The highest BCUT2D eigenvalue weighted by atomic mass is 127. The number of pyridine rings is 1. The van der Waals surface area contributed by atoms with Gasteiger partial charge in [0, 0.05) is 18.0 Å². The Labute approximate surface area is 85.7 Å². The molecule has 0 radical (unpaired) electrons. The molecule has 1 N–H and O–H groups in total. The number of halogens is 1. The summed E-state index contributed by atoms with van der Waals surface area (Å²) in [5.41, 5.74) is 1.41. The van der Waals surface area contributed by atoms with Gasteiger partial charge in [0.1, 0.15) is 0 Å². The third-order valence-electron chi connectivity index (χ3n) is 1.23. The predicted molar refractivity (Wildman–Crippen MR) is 58.2 cm³/mol. The van der Waals surface area contributed by atoms with Crippen LogP contribution in [0.5, 0.6) is 0 Å². The van der Waals surface area contributed by atoms with Crippen LogP contribution in [0, 0.1) is 0 Å². The SMILES string of the molecule is C/C(=N\O)c1cccnc1.CI. The van der Waals surface area contributed by atoms with Gasteiger partial charge in [0.2, 0.25) is 0 Å². The fourth-order valence-electron chi connectivity index (χ4n) is 0.635. The molecule has 1 aromatic heterocycles. The summed E-state index contributed by atoms with van der Waals surface area (Å²) in [6, 6.07) is 3.63. The Morgan fingerprint density at radius 3 is 2.67 bits per heavy atom. The molecule has 0 aliphatic carbocycles. The Kier molecular flexibility index (Phi) is 6.64.